The minimum absolute atomic E-state index is 0.134. The van der Waals surface area contributed by atoms with E-state index in [0.29, 0.717) is 12.0 Å². The Morgan fingerprint density at radius 3 is 3.15 bits per heavy atom. The number of rotatable bonds is 1. The van der Waals surface area contributed by atoms with Gasteiger partial charge < -0.3 is 10.1 Å². The summed E-state index contributed by atoms with van der Waals surface area (Å²) in [4.78, 5) is 25.0. The fourth-order valence-electron chi connectivity index (χ4n) is 1.04. The SMILES string of the molecule is O=Cc1ccc2c(n1)OC(=O)CN2. The quantitative estimate of drug-likeness (QED) is 0.492. The van der Waals surface area contributed by atoms with Gasteiger partial charge in [-0.15, -0.1) is 0 Å². The first kappa shape index (κ1) is 7.72. The molecule has 0 saturated carbocycles. The molecule has 0 atom stereocenters. The number of esters is 1. The van der Waals surface area contributed by atoms with Crippen LogP contribution in [0.25, 0.3) is 0 Å². The summed E-state index contributed by atoms with van der Waals surface area (Å²) in [5, 5.41) is 2.81. The number of nitrogens with one attached hydrogen (secondary N) is 1. The number of hydrogen-bond acceptors (Lipinski definition) is 5. The van der Waals surface area contributed by atoms with Crippen molar-refractivity contribution in [3.63, 3.8) is 0 Å². The number of hydrogen-bond donors (Lipinski definition) is 1. The smallest absolute Gasteiger partial charge is 0.332 e. The third-order valence-electron chi connectivity index (χ3n) is 1.64. The molecule has 0 fully saturated rings. The van der Waals surface area contributed by atoms with Gasteiger partial charge in [0.15, 0.2) is 6.29 Å². The van der Waals surface area contributed by atoms with Gasteiger partial charge in [0, 0.05) is 0 Å². The van der Waals surface area contributed by atoms with Crippen LogP contribution >= 0.6 is 0 Å². The second-order valence-electron chi connectivity index (χ2n) is 2.53. The summed E-state index contributed by atoms with van der Waals surface area (Å²) < 4.78 is 4.80. The first-order chi connectivity index (χ1) is 6.29. The first-order valence-corrected chi connectivity index (χ1v) is 3.70. The maximum atomic E-state index is 10.8. The maximum absolute atomic E-state index is 10.8. The van der Waals surface area contributed by atoms with Crippen LogP contribution in [0.1, 0.15) is 10.5 Å². The molecule has 5 heteroatoms. The average molecular weight is 178 g/mol. The Balaban J connectivity index is 2.43. The van der Waals surface area contributed by atoms with Gasteiger partial charge in [0.1, 0.15) is 12.2 Å². The summed E-state index contributed by atoms with van der Waals surface area (Å²) in [5.74, 6) is -0.233. The highest BCUT2D eigenvalue weighted by molar-refractivity contribution is 5.83. The minimum atomic E-state index is -0.400. The van der Waals surface area contributed by atoms with E-state index in [2.05, 4.69) is 10.3 Å². The molecule has 0 amide bonds. The van der Waals surface area contributed by atoms with E-state index < -0.39 is 5.97 Å². The van der Waals surface area contributed by atoms with Gasteiger partial charge in [0.2, 0.25) is 5.88 Å². The van der Waals surface area contributed by atoms with Crippen molar-refractivity contribution in [1.82, 2.24) is 4.98 Å². The maximum Gasteiger partial charge on any atom is 0.332 e. The van der Waals surface area contributed by atoms with Gasteiger partial charge in [0.05, 0.1) is 5.69 Å². The Morgan fingerprint density at radius 1 is 1.54 bits per heavy atom. The molecule has 0 bridgehead atoms. The molecular formula is C8H6N2O3. The lowest BCUT2D eigenvalue weighted by Crippen LogP contribution is -2.25. The van der Waals surface area contributed by atoms with Crippen LogP contribution in [0.3, 0.4) is 0 Å². The van der Waals surface area contributed by atoms with Crippen LogP contribution in [-0.4, -0.2) is 23.8 Å². The normalized spacial score (nSPS) is 14.0. The van der Waals surface area contributed by atoms with Crippen molar-refractivity contribution in [3.8, 4) is 5.88 Å². The average Bonchev–Trinajstić information content (AvgIpc) is 2.16. The summed E-state index contributed by atoms with van der Waals surface area (Å²) in [7, 11) is 0. The Morgan fingerprint density at radius 2 is 2.38 bits per heavy atom. The number of nitrogens with zero attached hydrogens (tertiary/aromatic N) is 1. The van der Waals surface area contributed by atoms with E-state index >= 15 is 0 Å². The number of carbonyl (C=O) groups is 2. The van der Waals surface area contributed by atoms with E-state index in [1.54, 1.807) is 12.1 Å². The Bertz CT molecular complexity index is 376. The predicted octanol–water partition coefficient (Wildman–Crippen LogP) is 0.225. The minimum Gasteiger partial charge on any atom is -0.404 e. The molecule has 0 spiro atoms. The molecule has 1 N–H and O–H groups in total. The van der Waals surface area contributed by atoms with E-state index in [0.717, 1.165) is 0 Å². The topological polar surface area (TPSA) is 68.3 Å². The molecule has 1 aromatic rings. The van der Waals surface area contributed by atoms with Gasteiger partial charge in [0.25, 0.3) is 0 Å². The number of pyridine rings is 1. The summed E-state index contributed by atoms with van der Waals surface area (Å²) in [6, 6.07) is 3.20. The Labute approximate surface area is 73.7 Å². The second kappa shape index (κ2) is 2.85. The monoisotopic (exact) mass is 178 g/mol. The molecular weight excluding hydrogens is 172 g/mol. The predicted molar refractivity (Wildman–Crippen MR) is 43.7 cm³/mol. The highest BCUT2D eigenvalue weighted by Crippen LogP contribution is 2.24. The lowest BCUT2D eigenvalue weighted by atomic mass is 10.3. The Kier molecular flexibility index (Phi) is 1.70. The summed E-state index contributed by atoms with van der Waals surface area (Å²) in [6.07, 6.45) is 0.600. The summed E-state index contributed by atoms with van der Waals surface area (Å²) in [5.41, 5.74) is 0.875. The van der Waals surface area contributed by atoms with Gasteiger partial charge in [-0.05, 0) is 12.1 Å². The van der Waals surface area contributed by atoms with Gasteiger partial charge in [-0.3, -0.25) is 4.79 Å². The molecule has 1 aliphatic heterocycles. The van der Waals surface area contributed by atoms with E-state index in [1.165, 1.54) is 0 Å². The zero-order valence-corrected chi connectivity index (χ0v) is 6.61. The molecule has 1 aromatic heterocycles. The molecule has 5 nitrogen and oxygen atoms in total. The van der Waals surface area contributed by atoms with E-state index in [4.69, 9.17) is 4.74 Å². The first-order valence-electron chi connectivity index (χ1n) is 3.70. The van der Waals surface area contributed by atoms with Crippen molar-refractivity contribution < 1.29 is 14.3 Å². The van der Waals surface area contributed by atoms with Gasteiger partial charge in [-0.1, -0.05) is 0 Å². The molecule has 2 heterocycles. The van der Waals surface area contributed by atoms with Gasteiger partial charge in [-0.2, -0.15) is 0 Å². The number of aldehydes is 1. The van der Waals surface area contributed by atoms with Crippen LogP contribution in [0.15, 0.2) is 12.1 Å². The number of aromatic nitrogens is 1. The van der Waals surface area contributed by atoms with Crippen LogP contribution in [0.4, 0.5) is 5.69 Å². The van der Waals surface area contributed by atoms with Crippen molar-refractivity contribution in [3.05, 3.63) is 17.8 Å². The van der Waals surface area contributed by atoms with E-state index in [-0.39, 0.29) is 18.1 Å². The molecule has 0 aliphatic carbocycles. The molecule has 13 heavy (non-hydrogen) atoms. The third-order valence-corrected chi connectivity index (χ3v) is 1.64. The molecule has 66 valence electrons. The van der Waals surface area contributed by atoms with Crippen molar-refractivity contribution in [1.29, 1.82) is 0 Å². The van der Waals surface area contributed by atoms with Crippen LogP contribution in [0, 0.1) is 0 Å². The van der Waals surface area contributed by atoms with E-state index in [1.807, 2.05) is 0 Å². The zero-order valence-electron chi connectivity index (χ0n) is 6.61. The fourth-order valence-corrected chi connectivity index (χ4v) is 1.04. The third kappa shape index (κ3) is 1.35. The van der Waals surface area contributed by atoms with Crippen LogP contribution in [-0.2, 0) is 4.79 Å². The summed E-state index contributed by atoms with van der Waals surface area (Å²) >= 11 is 0. The molecule has 0 radical (unpaired) electrons. The zero-order chi connectivity index (χ0) is 9.26. The molecule has 0 unspecified atom stereocenters. The highest BCUT2D eigenvalue weighted by Gasteiger charge is 2.17. The molecule has 0 saturated heterocycles. The van der Waals surface area contributed by atoms with Crippen molar-refractivity contribution in [2.24, 2.45) is 0 Å². The molecule has 0 aromatic carbocycles. The van der Waals surface area contributed by atoms with Crippen LogP contribution < -0.4 is 10.1 Å². The van der Waals surface area contributed by atoms with Crippen LogP contribution in [0.2, 0.25) is 0 Å². The largest absolute Gasteiger partial charge is 0.404 e. The van der Waals surface area contributed by atoms with Crippen molar-refractivity contribution in [2.75, 3.05) is 11.9 Å². The standard InChI is InChI=1S/C8H6N2O3/c11-4-5-1-2-6-8(10-5)13-7(12)3-9-6/h1-2,4,9H,3H2. The van der Waals surface area contributed by atoms with Crippen molar-refractivity contribution in [2.45, 2.75) is 0 Å². The molecule has 2 rings (SSSR count). The number of ether oxygens (including phenoxy) is 1. The van der Waals surface area contributed by atoms with Crippen LogP contribution in [0.5, 0.6) is 5.88 Å². The number of fused-ring (bicyclic) bond motifs is 1. The lowest BCUT2D eigenvalue weighted by Gasteiger charge is -2.15. The Hall–Kier alpha value is -1.91. The fraction of sp³-hybridized carbons (Fsp3) is 0.125. The lowest BCUT2D eigenvalue weighted by molar-refractivity contribution is -0.133. The number of carbonyl (C=O) groups excluding carboxylic acids is 2. The molecule has 1 aliphatic rings. The summed E-state index contributed by atoms with van der Waals surface area (Å²) in [6.45, 7) is 0.134. The second-order valence-corrected chi connectivity index (χ2v) is 2.53. The van der Waals surface area contributed by atoms with Crippen molar-refractivity contribution >= 4 is 17.9 Å². The van der Waals surface area contributed by atoms with E-state index in [9.17, 15) is 9.59 Å². The van der Waals surface area contributed by atoms with Gasteiger partial charge in [-0.25, -0.2) is 9.78 Å². The number of anilines is 1. The van der Waals surface area contributed by atoms with Gasteiger partial charge >= 0.3 is 5.97 Å². The highest BCUT2D eigenvalue weighted by atomic mass is 16.5.